The van der Waals surface area contributed by atoms with Crippen LogP contribution in [0.25, 0.3) is 0 Å². The van der Waals surface area contributed by atoms with Gasteiger partial charge in [0.05, 0.1) is 6.61 Å². The molecule has 0 aliphatic carbocycles. The van der Waals surface area contributed by atoms with E-state index in [1.165, 1.54) is 63.9 Å². The first kappa shape index (κ1) is 29.3. The van der Waals surface area contributed by atoms with Gasteiger partial charge in [0.25, 0.3) is 0 Å². The van der Waals surface area contributed by atoms with Crippen LogP contribution in [-0.2, 0) is 22.8 Å². The van der Waals surface area contributed by atoms with Crippen molar-refractivity contribution >= 4 is 14.8 Å². The smallest absolute Gasteiger partial charge is 0.463 e. The van der Waals surface area contributed by atoms with Gasteiger partial charge >= 0.3 is 14.8 Å². The van der Waals surface area contributed by atoms with Crippen molar-refractivity contribution in [3.63, 3.8) is 0 Å². The quantitative estimate of drug-likeness (QED) is 0.0747. The summed E-state index contributed by atoms with van der Waals surface area (Å²) in [6, 6.07) is 0.687. The van der Waals surface area contributed by atoms with Crippen molar-refractivity contribution in [2.45, 2.75) is 110 Å². The van der Waals surface area contributed by atoms with Gasteiger partial charge in [-0.25, -0.2) is 4.79 Å². The third kappa shape index (κ3) is 17.0. The van der Waals surface area contributed by atoms with Crippen LogP contribution in [0.4, 0.5) is 0 Å². The number of unbranched alkanes of at least 4 members (excludes halogenated alkanes) is 9. The lowest BCUT2D eigenvalue weighted by molar-refractivity contribution is -0.137. The fourth-order valence-electron chi connectivity index (χ4n) is 3.13. The van der Waals surface area contributed by atoms with E-state index in [4.69, 9.17) is 18.0 Å². The Balaban J connectivity index is 4.81. The van der Waals surface area contributed by atoms with Crippen LogP contribution in [0.3, 0.4) is 0 Å². The van der Waals surface area contributed by atoms with Crippen molar-refractivity contribution < 1.29 is 22.8 Å². The van der Waals surface area contributed by atoms with Gasteiger partial charge in [-0.2, -0.15) is 0 Å². The van der Waals surface area contributed by atoms with Crippen LogP contribution in [0, 0.1) is 0 Å². The summed E-state index contributed by atoms with van der Waals surface area (Å²) in [5.41, 5.74) is 0. The molecular formula is C24H48O5Si. The van der Waals surface area contributed by atoms with Gasteiger partial charge in [0.1, 0.15) is 0 Å². The fourth-order valence-corrected chi connectivity index (χ4v) is 5.76. The molecule has 30 heavy (non-hydrogen) atoms. The molecule has 0 amide bonds. The predicted molar refractivity (Wildman–Crippen MR) is 127 cm³/mol. The molecule has 0 fully saturated rings. The van der Waals surface area contributed by atoms with Gasteiger partial charge in [0.2, 0.25) is 0 Å². The maximum absolute atomic E-state index is 11.3. The van der Waals surface area contributed by atoms with E-state index >= 15 is 0 Å². The summed E-state index contributed by atoms with van der Waals surface area (Å²) in [4.78, 5) is 11.3. The summed E-state index contributed by atoms with van der Waals surface area (Å²) in [7, 11) is -2.78. The molecule has 0 aromatic rings. The van der Waals surface area contributed by atoms with E-state index in [1.54, 1.807) is 0 Å². The lowest BCUT2D eigenvalue weighted by atomic mass is 10.2. The zero-order valence-electron chi connectivity index (χ0n) is 20.1. The summed E-state index contributed by atoms with van der Waals surface area (Å²) < 4.78 is 24.2. The highest BCUT2D eigenvalue weighted by atomic mass is 28.4. The van der Waals surface area contributed by atoms with E-state index in [-0.39, 0.29) is 5.97 Å². The first-order chi connectivity index (χ1) is 14.6. The zero-order chi connectivity index (χ0) is 22.3. The maximum atomic E-state index is 11.3. The monoisotopic (exact) mass is 444 g/mol. The fraction of sp³-hybridized carbons (Fsp3) is 0.875. The molecule has 0 N–H and O–H groups in total. The van der Waals surface area contributed by atoms with Crippen molar-refractivity contribution in [3.8, 4) is 0 Å². The number of ether oxygens (including phenoxy) is 1. The second kappa shape index (κ2) is 21.5. The van der Waals surface area contributed by atoms with E-state index in [2.05, 4.69) is 27.4 Å². The molecule has 0 spiro atoms. The van der Waals surface area contributed by atoms with Crippen LogP contribution >= 0.6 is 0 Å². The van der Waals surface area contributed by atoms with E-state index in [1.807, 2.05) is 0 Å². The molecular weight excluding hydrogens is 396 g/mol. The highest BCUT2D eigenvalue weighted by Gasteiger charge is 2.40. The number of rotatable bonds is 23. The minimum atomic E-state index is -2.78. The molecule has 0 saturated heterocycles. The molecule has 0 rings (SSSR count). The summed E-state index contributed by atoms with van der Waals surface area (Å²) in [5, 5.41) is 0. The first-order valence-corrected chi connectivity index (χ1v) is 14.3. The molecule has 0 heterocycles. The van der Waals surface area contributed by atoms with Gasteiger partial charge in [-0.15, -0.1) is 0 Å². The zero-order valence-corrected chi connectivity index (χ0v) is 21.1. The third-order valence-electron chi connectivity index (χ3n) is 5.00. The van der Waals surface area contributed by atoms with E-state index in [0.717, 1.165) is 19.3 Å². The Morgan fingerprint density at radius 1 is 0.667 bits per heavy atom. The Bertz CT molecular complexity index is 367. The standard InChI is InChI=1S/C24H48O5Si/c1-5-9-12-15-20-27-30(28-21-16-13-10-6-2,29-22-17-14-11-7-3)23-18-19-26-24(25)8-4/h8H,4-7,9-23H2,1-3H3. The summed E-state index contributed by atoms with van der Waals surface area (Å²) in [6.45, 7) is 12.5. The molecule has 0 atom stereocenters. The average Bonchev–Trinajstić information content (AvgIpc) is 2.76. The summed E-state index contributed by atoms with van der Waals surface area (Å²) in [5.74, 6) is -0.385. The molecule has 0 unspecified atom stereocenters. The Morgan fingerprint density at radius 3 is 1.47 bits per heavy atom. The van der Waals surface area contributed by atoms with Gasteiger partial charge in [-0.05, 0) is 25.7 Å². The Morgan fingerprint density at radius 2 is 1.10 bits per heavy atom. The Kier molecular flexibility index (Phi) is 21.0. The van der Waals surface area contributed by atoms with Crippen LogP contribution in [0.2, 0.25) is 6.04 Å². The van der Waals surface area contributed by atoms with Gasteiger partial charge in [0, 0.05) is 31.9 Å². The summed E-state index contributed by atoms with van der Waals surface area (Å²) >= 11 is 0. The normalized spacial score (nSPS) is 11.6. The van der Waals surface area contributed by atoms with Gasteiger partial charge in [0.15, 0.2) is 0 Å². The number of hydrogen-bond acceptors (Lipinski definition) is 5. The number of carbonyl (C=O) groups is 1. The second-order valence-corrected chi connectivity index (χ2v) is 10.6. The minimum Gasteiger partial charge on any atom is -0.463 e. The van der Waals surface area contributed by atoms with Crippen LogP contribution in [0.5, 0.6) is 0 Å². The van der Waals surface area contributed by atoms with Crippen molar-refractivity contribution in [3.05, 3.63) is 12.7 Å². The number of carbonyl (C=O) groups excluding carboxylic acids is 1. The third-order valence-corrected chi connectivity index (χ3v) is 7.90. The van der Waals surface area contributed by atoms with Crippen LogP contribution in [0.15, 0.2) is 12.7 Å². The average molecular weight is 445 g/mol. The molecule has 0 aromatic carbocycles. The number of hydrogen-bond donors (Lipinski definition) is 0. The molecule has 5 nitrogen and oxygen atoms in total. The molecule has 0 aromatic heterocycles. The van der Waals surface area contributed by atoms with Crippen LogP contribution < -0.4 is 0 Å². The molecule has 0 saturated carbocycles. The Hall–Kier alpha value is -0.693. The van der Waals surface area contributed by atoms with Gasteiger partial charge in [-0.3, -0.25) is 0 Å². The lowest BCUT2D eigenvalue weighted by Gasteiger charge is -2.30. The molecule has 0 radical (unpaired) electrons. The SMILES string of the molecule is C=CC(=O)OCCC[Si](OCCCCCC)(OCCCCCC)OCCCCCC. The second-order valence-electron chi connectivity index (χ2n) is 7.89. The van der Waals surface area contributed by atoms with Crippen LogP contribution in [-0.4, -0.2) is 41.2 Å². The maximum Gasteiger partial charge on any atom is 0.501 e. The molecule has 6 heteroatoms. The summed E-state index contributed by atoms with van der Waals surface area (Å²) in [6.07, 6.45) is 15.8. The van der Waals surface area contributed by atoms with E-state index in [0.29, 0.717) is 38.9 Å². The van der Waals surface area contributed by atoms with Crippen LogP contribution in [0.1, 0.15) is 104 Å². The van der Waals surface area contributed by atoms with Crippen molar-refractivity contribution in [2.75, 3.05) is 26.4 Å². The minimum absolute atomic E-state index is 0.344. The Labute approximate surface area is 187 Å². The van der Waals surface area contributed by atoms with E-state index < -0.39 is 8.80 Å². The largest absolute Gasteiger partial charge is 0.501 e. The molecule has 0 aliphatic heterocycles. The van der Waals surface area contributed by atoms with Crippen molar-refractivity contribution in [2.24, 2.45) is 0 Å². The van der Waals surface area contributed by atoms with Gasteiger partial charge in [-0.1, -0.05) is 85.1 Å². The lowest BCUT2D eigenvalue weighted by Crippen LogP contribution is -2.47. The van der Waals surface area contributed by atoms with Crippen molar-refractivity contribution in [1.82, 2.24) is 0 Å². The highest BCUT2D eigenvalue weighted by molar-refractivity contribution is 6.60. The van der Waals surface area contributed by atoms with E-state index in [9.17, 15) is 4.79 Å². The number of esters is 1. The first-order valence-electron chi connectivity index (χ1n) is 12.3. The predicted octanol–water partition coefficient (Wildman–Crippen LogP) is 6.84. The van der Waals surface area contributed by atoms with Crippen molar-refractivity contribution in [1.29, 1.82) is 0 Å². The van der Waals surface area contributed by atoms with Gasteiger partial charge < -0.3 is 18.0 Å². The molecule has 0 aliphatic rings. The topological polar surface area (TPSA) is 54.0 Å². The molecule has 178 valence electrons. The highest BCUT2D eigenvalue weighted by Crippen LogP contribution is 2.21. The molecule has 0 bridgehead atoms.